The van der Waals surface area contributed by atoms with Gasteiger partial charge in [0.25, 0.3) is 0 Å². The maximum absolute atomic E-state index is 11.3. The molecule has 6 nitrogen and oxygen atoms in total. The maximum Gasteiger partial charge on any atom is 0.212 e. The first-order chi connectivity index (χ1) is 7.14. The van der Waals surface area contributed by atoms with Crippen LogP contribution in [0.5, 0.6) is 0 Å². The largest absolute Gasteiger partial charge is 0.330 e. The van der Waals surface area contributed by atoms with Crippen LogP contribution in [-0.2, 0) is 16.6 Å². The van der Waals surface area contributed by atoms with E-state index < -0.39 is 10.0 Å². The number of nitrogens with one attached hydrogen (secondary N) is 1. The Morgan fingerprint density at radius 1 is 1.33 bits per heavy atom. The Bertz CT molecular complexity index is 379. The Kier molecular flexibility index (Phi) is 4.60. The molecule has 0 aromatic carbocycles. The molecule has 1 aromatic rings. The zero-order chi connectivity index (χ0) is 11.1. The van der Waals surface area contributed by atoms with Gasteiger partial charge in [0.2, 0.25) is 10.0 Å². The Morgan fingerprint density at radius 2 is 2.00 bits per heavy atom. The number of aromatic nitrogens is 2. The summed E-state index contributed by atoms with van der Waals surface area (Å²) in [5.74, 6) is 0.491. The summed E-state index contributed by atoms with van der Waals surface area (Å²) in [6, 6.07) is 1.67. The summed E-state index contributed by atoms with van der Waals surface area (Å²) in [7, 11) is -3.25. The first kappa shape index (κ1) is 12.0. The van der Waals surface area contributed by atoms with Crippen LogP contribution in [0.4, 0.5) is 0 Å². The molecule has 0 atom stereocenters. The van der Waals surface area contributed by atoms with Gasteiger partial charge in [0.1, 0.15) is 5.82 Å². The van der Waals surface area contributed by atoms with Crippen LogP contribution in [0.2, 0.25) is 0 Å². The predicted octanol–water partition coefficient (Wildman–Crippen LogP) is -0.755. The first-order valence-corrected chi connectivity index (χ1v) is 6.22. The number of hydrogen-bond donors (Lipinski definition) is 2. The minimum absolute atomic E-state index is 0.0380. The van der Waals surface area contributed by atoms with E-state index in [1.165, 1.54) is 0 Å². The fraction of sp³-hybridized carbons (Fsp3) is 0.500. The molecule has 0 spiro atoms. The Labute approximate surface area is 89.0 Å². The molecule has 0 aliphatic carbocycles. The van der Waals surface area contributed by atoms with Gasteiger partial charge in [0.15, 0.2) is 0 Å². The van der Waals surface area contributed by atoms with E-state index in [9.17, 15) is 8.42 Å². The SMILES string of the molecule is NCCCS(=O)(=O)NCc1ncccn1. The number of nitrogens with zero attached hydrogens (tertiary/aromatic N) is 2. The van der Waals surface area contributed by atoms with Crippen LogP contribution in [0, 0.1) is 0 Å². The summed E-state index contributed by atoms with van der Waals surface area (Å²) in [5.41, 5.74) is 5.23. The molecule has 0 amide bonds. The summed E-state index contributed by atoms with van der Waals surface area (Å²) in [6.45, 7) is 0.483. The lowest BCUT2D eigenvalue weighted by Crippen LogP contribution is -2.27. The highest BCUT2D eigenvalue weighted by atomic mass is 32.2. The molecule has 0 saturated heterocycles. The third-order valence-corrected chi connectivity index (χ3v) is 3.10. The topological polar surface area (TPSA) is 98.0 Å². The molecule has 0 saturated carbocycles. The quantitative estimate of drug-likeness (QED) is 0.669. The Balaban J connectivity index is 2.43. The lowest BCUT2D eigenvalue weighted by Gasteiger charge is -2.04. The predicted molar refractivity (Wildman–Crippen MR) is 56.3 cm³/mol. The first-order valence-electron chi connectivity index (χ1n) is 4.57. The second kappa shape index (κ2) is 5.74. The van der Waals surface area contributed by atoms with E-state index in [1.807, 2.05) is 0 Å². The van der Waals surface area contributed by atoms with E-state index in [0.717, 1.165) is 0 Å². The summed E-state index contributed by atoms with van der Waals surface area (Å²) >= 11 is 0. The molecule has 1 aromatic heterocycles. The van der Waals surface area contributed by atoms with Crippen molar-refractivity contribution in [2.24, 2.45) is 5.73 Å². The lowest BCUT2D eigenvalue weighted by molar-refractivity contribution is 0.576. The van der Waals surface area contributed by atoms with Crippen LogP contribution in [0.3, 0.4) is 0 Å². The summed E-state index contributed by atoms with van der Waals surface area (Å²) in [5, 5.41) is 0. The molecule has 7 heteroatoms. The zero-order valence-corrected chi connectivity index (χ0v) is 9.07. The molecule has 0 fully saturated rings. The van der Waals surface area contributed by atoms with Gasteiger partial charge in [-0.2, -0.15) is 0 Å². The molecule has 1 rings (SSSR count). The van der Waals surface area contributed by atoms with Gasteiger partial charge >= 0.3 is 0 Å². The highest BCUT2D eigenvalue weighted by Gasteiger charge is 2.09. The van der Waals surface area contributed by atoms with Crippen molar-refractivity contribution in [1.82, 2.24) is 14.7 Å². The highest BCUT2D eigenvalue weighted by Crippen LogP contribution is 1.92. The summed E-state index contributed by atoms with van der Waals surface area (Å²) < 4.78 is 25.1. The second-order valence-electron chi connectivity index (χ2n) is 2.95. The average Bonchev–Trinajstić information content (AvgIpc) is 2.25. The standard InChI is InChI=1S/C8H14N4O2S/c9-3-1-6-15(13,14)12-7-8-10-4-2-5-11-8/h2,4-5,12H,1,3,6-7,9H2. The highest BCUT2D eigenvalue weighted by molar-refractivity contribution is 7.89. The van der Waals surface area contributed by atoms with Crippen LogP contribution in [0.1, 0.15) is 12.2 Å². The van der Waals surface area contributed by atoms with Crippen molar-refractivity contribution in [2.45, 2.75) is 13.0 Å². The monoisotopic (exact) mass is 230 g/mol. The van der Waals surface area contributed by atoms with Crippen molar-refractivity contribution in [1.29, 1.82) is 0 Å². The number of hydrogen-bond acceptors (Lipinski definition) is 5. The van der Waals surface area contributed by atoms with Gasteiger partial charge < -0.3 is 5.73 Å². The summed E-state index contributed by atoms with van der Waals surface area (Å²) in [6.07, 6.45) is 3.58. The minimum Gasteiger partial charge on any atom is -0.330 e. The zero-order valence-electron chi connectivity index (χ0n) is 8.26. The second-order valence-corrected chi connectivity index (χ2v) is 4.87. The van der Waals surface area contributed by atoms with Gasteiger partial charge in [-0.1, -0.05) is 0 Å². The molecule has 0 unspecified atom stereocenters. The van der Waals surface area contributed by atoms with Crippen LogP contribution in [0.15, 0.2) is 18.5 Å². The van der Waals surface area contributed by atoms with E-state index in [4.69, 9.17) is 5.73 Å². The molecule has 0 aliphatic rings. The van der Waals surface area contributed by atoms with E-state index in [-0.39, 0.29) is 12.3 Å². The van der Waals surface area contributed by atoms with Gasteiger partial charge in [-0.3, -0.25) is 0 Å². The molecule has 0 aliphatic heterocycles. The lowest BCUT2D eigenvalue weighted by atomic mass is 10.5. The Morgan fingerprint density at radius 3 is 2.60 bits per heavy atom. The van der Waals surface area contributed by atoms with Gasteiger partial charge in [0, 0.05) is 12.4 Å². The van der Waals surface area contributed by atoms with E-state index in [2.05, 4.69) is 14.7 Å². The van der Waals surface area contributed by atoms with E-state index in [1.54, 1.807) is 18.5 Å². The van der Waals surface area contributed by atoms with Gasteiger partial charge in [-0.15, -0.1) is 0 Å². The van der Waals surface area contributed by atoms with Crippen molar-refractivity contribution in [2.75, 3.05) is 12.3 Å². The van der Waals surface area contributed by atoms with Crippen LogP contribution in [0.25, 0.3) is 0 Å². The summed E-state index contributed by atoms with van der Waals surface area (Å²) in [4.78, 5) is 7.80. The molecular weight excluding hydrogens is 216 g/mol. The minimum atomic E-state index is -3.25. The third kappa shape index (κ3) is 4.82. The fourth-order valence-corrected chi connectivity index (χ4v) is 1.98. The molecular formula is C8H14N4O2S. The van der Waals surface area contributed by atoms with Gasteiger partial charge in [0.05, 0.1) is 12.3 Å². The fourth-order valence-electron chi connectivity index (χ4n) is 0.941. The number of rotatable bonds is 6. The van der Waals surface area contributed by atoms with Crippen molar-refractivity contribution < 1.29 is 8.42 Å². The van der Waals surface area contributed by atoms with Gasteiger partial charge in [-0.05, 0) is 19.0 Å². The van der Waals surface area contributed by atoms with Crippen molar-refractivity contribution in [3.63, 3.8) is 0 Å². The molecule has 1 heterocycles. The van der Waals surface area contributed by atoms with Crippen molar-refractivity contribution in [3.05, 3.63) is 24.3 Å². The molecule has 15 heavy (non-hydrogen) atoms. The normalized spacial score (nSPS) is 11.5. The maximum atomic E-state index is 11.3. The third-order valence-electron chi connectivity index (χ3n) is 1.69. The molecule has 0 radical (unpaired) electrons. The van der Waals surface area contributed by atoms with Crippen molar-refractivity contribution in [3.8, 4) is 0 Å². The molecule has 0 bridgehead atoms. The smallest absolute Gasteiger partial charge is 0.212 e. The molecule has 3 N–H and O–H groups in total. The van der Waals surface area contributed by atoms with Crippen LogP contribution in [-0.4, -0.2) is 30.7 Å². The van der Waals surface area contributed by atoms with Gasteiger partial charge in [-0.25, -0.2) is 23.1 Å². The van der Waals surface area contributed by atoms with Crippen molar-refractivity contribution >= 4 is 10.0 Å². The van der Waals surface area contributed by atoms with E-state index >= 15 is 0 Å². The Hall–Kier alpha value is -1.05. The van der Waals surface area contributed by atoms with Crippen LogP contribution >= 0.6 is 0 Å². The average molecular weight is 230 g/mol. The van der Waals surface area contributed by atoms with Crippen LogP contribution < -0.4 is 10.5 Å². The molecule has 84 valence electrons. The number of sulfonamides is 1. The number of nitrogens with two attached hydrogens (primary N) is 1. The van der Waals surface area contributed by atoms with E-state index in [0.29, 0.717) is 18.8 Å².